The fourth-order valence-electron chi connectivity index (χ4n) is 2.53. The molecule has 0 heterocycles. The molecule has 0 aromatic carbocycles. The maximum atomic E-state index is 12.3. The van der Waals surface area contributed by atoms with Crippen LogP contribution in [0, 0.1) is 0 Å². The van der Waals surface area contributed by atoms with Crippen LogP contribution in [-0.2, 0) is 18.4 Å². The van der Waals surface area contributed by atoms with E-state index in [0.717, 1.165) is 32.1 Å². The van der Waals surface area contributed by atoms with Crippen LogP contribution in [0.1, 0.15) is 39.5 Å². The van der Waals surface area contributed by atoms with Crippen molar-refractivity contribution in [3.63, 3.8) is 0 Å². The Labute approximate surface area is 121 Å². The van der Waals surface area contributed by atoms with Crippen molar-refractivity contribution in [2.75, 3.05) is 25.9 Å². The van der Waals surface area contributed by atoms with Crippen LogP contribution in [0.25, 0.3) is 0 Å². The van der Waals surface area contributed by atoms with Gasteiger partial charge in [0.15, 0.2) is 0 Å². The van der Waals surface area contributed by atoms with Crippen LogP contribution in [0.4, 0.5) is 0 Å². The Hall–Kier alpha value is -0.420. The first-order valence-corrected chi connectivity index (χ1v) is 9.17. The maximum Gasteiger partial charge on any atom is 0.331 e. The predicted molar refractivity (Wildman–Crippen MR) is 79.0 cm³/mol. The van der Waals surface area contributed by atoms with Gasteiger partial charge in [0.1, 0.15) is 0 Å². The van der Waals surface area contributed by atoms with Gasteiger partial charge in [-0.25, -0.2) is 0 Å². The molecule has 2 N–H and O–H groups in total. The van der Waals surface area contributed by atoms with E-state index in [1.54, 1.807) is 0 Å². The molecule has 0 unspecified atom stereocenters. The molecule has 1 amide bonds. The first-order valence-electron chi connectivity index (χ1n) is 7.44. The fraction of sp³-hybridized carbons (Fsp3) is 0.923. The summed E-state index contributed by atoms with van der Waals surface area (Å²) in [5.41, 5.74) is 0. The predicted octanol–water partition coefficient (Wildman–Crippen LogP) is 1.90. The molecule has 0 aliphatic heterocycles. The van der Waals surface area contributed by atoms with Crippen LogP contribution in [0.15, 0.2) is 0 Å². The van der Waals surface area contributed by atoms with Crippen molar-refractivity contribution in [2.24, 2.45) is 0 Å². The Bertz CT molecular complexity index is 309. The molecule has 1 saturated carbocycles. The van der Waals surface area contributed by atoms with Gasteiger partial charge in [-0.1, -0.05) is 0 Å². The number of amides is 1. The summed E-state index contributed by atoms with van der Waals surface area (Å²) in [4.78, 5) is 10.4. The van der Waals surface area contributed by atoms with E-state index in [0.29, 0.717) is 38.0 Å². The number of nitrogens with one attached hydrogen (secondary N) is 2. The van der Waals surface area contributed by atoms with E-state index in [4.69, 9.17) is 9.05 Å². The Balaban J connectivity index is 2.23. The standard InChI is InChI=1S/C13H27N2O4P/c1-3-18-20(17,19-4-2)10-9-14-12-5-7-13(8-6-12)15-11-16/h11-14H,3-10H2,1-2H3,(H,15,16). The van der Waals surface area contributed by atoms with Gasteiger partial charge in [0.2, 0.25) is 6.41 Å². The number of carbonyl (C=O) groups is 1. The summed E-state index contributed by atoms with van der Waals surface area (Å²) in [6.07, 6.45) is 5.22. The van der Waals surface area contributed by atoms with E-state index in [-0.39, 0.29) is 0 Å². The third kappa shape index (κ3) is 6.35. The van der Waals surface area contributed by atoms with Crippen molar-refractivity contribution in [3.05, 3.63) is 0 Å². The molecule has 20 heavy (non-hydrogen) atoms. The molecule has 1 aliphatic carbocycles. The first-order chi connectivity index (χ1) is 9.63. The minimum atomic E-state index is -2.93. The molecule has 0 atom stereocenters. The molecule has 1 rings (SSSR count). The summed E-state index contributed by atoms with van der Waals surface area (Å²) in [6.45, 7) is 5.08. The van der Waals surface area contributed by atoms with Crippen LogP contribution in [-0.4, -0.2) is 44.4 Å². The first kappa shape index (κ1) is 17.6. The molecule has 118 valence electrons. The van der Waals surface area contributed by atoms with Crippen LogP contribution in [0.5, 0.6) is 0 Å². The zero-order chi connectivity index (χ0) is 14.8. The van der Waals surface area contributed by atoms with Crippen molar-refractivity contribution in [1.29, 1.82) is 0 Å². The normalized spacial score (nSPS) is 23.5. The van der Waals surface area contributed by atoms with Gasteiger partial charge in [0.25, 0.3) is 0 Å². The van der Waals surface area contributed by atoms with Crippen molar-refractivity contribution < 1.29 is 18.4 Å². The van der Waals surface area contributed by atoms with Crippen LogP contribution in [0.3, 0.4) is 0 Å². The monoisotopic (exact) mass is 306 g/mol. The lowest BCUT2D eigenvalue weighted by Gasteiger charge is -2.29. The summed E-state index contributed by atoms with van der Waals surface area (Å²) < 4.78 is 22.8. The highest BCUT2D eigenvalue weighted by atomic mass is 31.2. The molecule has 7 heteroatoms. The number of carbonyl (C=O) groups excluding carboxylic acids is 1. The average molecular weight is 306 g/mol. The second-order valence-electron chi connectivity index (χ2n) is 4.96. The largest absolute Gasteiger partial charge is 0.356 e. The third-order valence-corrected chi connectivity index (χ3v) is 5.58. The molecule has 0 bridgehead atoms. The third-order valence-electron chi connectivity index (χ3n) is 3.50. The quantitative estimate of drug-likeness (QED) is 0.476. The number of hydrogen-bond acceptors (Lipinski definition) is 5. The van der Waals surface area contributed by atoms with Gasteiger partial charge >= 0.3 is 7.60 Å². The molecule has 0 radical (unpaired) electrons. The summed E-state index contributed by atoms with van der Waals surface area (Å²) in [5, 5.41) is 6.23. The molecule has 0 spiro atoms. The summed E-state index contributed by atoms with van der Waals surface area (Å²) >= 11 is 0. The molecule has 6 nitrogen and oxygen atoms in total. The lowest BCUT2D eigenvalue weighted by Crippen LogP contribution is -2.40. The molecule has 0 aromatic rings. The molecule has 1 aliphatic rings. The number of hydrogen-bond donors (Lipinski definition) is 2. The second-order valence-corrected chi connectivity index (χ2v) is 7.14. The summed E-state index contributed by atoms with van der Waals surface area (Å²) in [5.74, 6) is 0. The topological polar surface area (TPSA) is 76.7 Å². The van der Waals surface area contributed by atoms with Gasteiger partial charge in [0, 0.05) is 18.6 Å². The van der Waals surface area contributed by atoms with Crippen molar-refractivity contribution >= 4 is 14.0 Å². The van der Waals surface area contributed by atoms with E-state index in [1.165, 1.54) is 0 Å². The Morgan fingerprint density at radius 1 is 1.10 bits per heavy atom. The van der Waals surface area contributed by atoms with Crippen molar-refractivity contribution in [2.45, 2.75) is 51.6 Å². The van der Waals surface area contributed by atoms with E-state index in [1.807, 2.05) is 13.8 Å². The number of rotatable bonds is 10. The van der Waals surface area contributed by atoms with Gasteiger partial charge in [-0.05, 0) is 39.5 Å². The van der Waals surface area contributed by atoms with Crippen LogP contribution in [0.2, 0.25) is 0 Å². The highest BCUT2D eigenvalue weighted by Gasteiger charge is 2.25. The summed E-state index contributed by atoms with van der Waals surface area (Å²) in [6, 6.07) is 0.736. The average Bonchev–Trinajstić information content (AvgIpc) is 2.41. The van der Waals surface area contributed by atoms with E-state index in [9.17, 15) is 9.36 Å². The molecule has 0 aromatic heterocycles. The van der Waals surface area contributed by atoms with Crippen molar-refractivity contribution in [3.8, 4) is 0 Å². The van der Waals surface area contributed by atoms with E-state index < -0.39 is 7.60 Å². The lowest BCUT2D eigenvalue weighted by atomic mass is 9.91. The molecule has 1 fully saturated rings. The Morgan fingerprint density at radius 3 is 2.15 bits per heavy atom. The molecule has 0 saturated heterocycles. The fourth-order valence-corrected chi connectivity index (χ4v) is 4.05. The highest BCUT2D eigenvalue weighted by Crippen LogP contribution is 2.47. The highest BCUT2D eigenvalue weighted by molar-refractivity contribution is 7.53. The Morgan fingerprint density at radius 2 is 1.65 bits per heavy atom. The summed E-state index contributed by atoms with van der Waals surface area (Å²) in [7, 11) is -2.93. The second kappa shape index (κ2) is 9.50. The maximum absolute atomic E-state index is 12.3. The van der Waals surface area contributed by atoms with E-state index in [2.05, 4.69) is 10.6 Å². The van der Waals surface area contributed by atoms with Gasteiger partial charge in [-0.3, -0.25) is 9.36 Å². The van der Waals surface area contributed by atoms with Crippen molar-refractivity contribution in [1.82, 2.24) is 10.6 Å². The molecular weight excluding hydrogens is 279 g/mol. The van der Waals surface area contributed by atoms with Gasteiger partial charge in [-0.2, -0.15) is 0 Å². The minimum Gasteiger partial charge on any atom is -0.356 e. The zero-order valence-corrected chi connectivity index (χ0v) is 13.4. The SMILES string of the molecule is CCOP(=O)(CCNC1CCC(NC=O)CC1)OCC. The minimum absolute atomic E-state index is 0.309. The van der Waals surface area contributed by atoms with Crippen LogP contribution < -0.4 is 10.6 Å². The Kier molecular flexibility index (Phi) is 8.38. The van der Waals surface area contributed by atoms with Gasteiger partial charge in [0.05, 0.1) is 19.4 Å². The lowest BCUT2D eigenvalue weighted by molar-refractivity contribution is -0.110. The van der Waals surface area contributed by atoms with Gasteiger partial charge in [-0.15, -0.1) is 0 Å². The molecular formula is C13H27N2O4P. The smallest absolute Gasteiger partial charge is 0.331 e. The van der Waals surface area contributed by atoms with Gasteiger partial charge < -0.3 is 19.7 Å². The van der Waals surface area contributed by atoms with Crippen LogP contribution >= 0.6 is 7.60 Å². The zero-order valence-electron chi connectivity index (χ0n) is 12.5. The van der Waals surface area contributed by atoms with E-state index >= 15 is 0 Å².